The number of anilines is 1. The Hall–Kier alpha value is -1.22. The summed E-state index contributed by atoms with van der Waals surface area (Å²) in [6, 6.07) is 7.54. The van der Waals surface area contributed by atoms with Crippen LogP contribution < -0.4 is 16.0 Å². The Morgan fingerprint density at radius 1 is 1.42 bits per heavy atom. The molecule has 0 spiro atoms. The maximum absolute atomic E-state index is 5.46. The molecular weight excluding hydrogens is 152 g/mol. The number of nitrogens with one attached hydrogen (secondary N) is 1. The summed E-state index contributed by atoms with van der Waals surface area (Å²) in [6.07, 6.45) is 0.193. The van der Waals surface area contributed by atoms with Crippen molar-refractivity contribution < 1.29 is 4.74 Å². The molecule has 0 heterocycles. The number of nitrogen functional groups attached to an aromatic ring is 1. The van der Waals surface area contributed by atoms with Crippen LogP contribution in [0.5, 0.6) is 5.75 Å². The number of hydrogen-bond donors (Lipinski definition) is 2. The zero-order valence-electron chi connectivity index (χ0n) is 7.37. The van der Waals surface area contributed by atoms with Crippen molar-refractivity contribution >= 4 is 5.69 Å². The van der Waals surface area contributed by atoms with Crippen molar-refractivity contribution in [3.05, 3.63) is 24.3 Å². The predicted octanol–water partition coefficient (Wildman–Crippen LogP) is 1.76. The Morgan fingerprint density at radius 3 is 2.75 bits per heavy atom. The van der Waals surface area contributed by atoms with Crippen molar-refractivity contribution in [1.82, 2.24) is 0 Å². The van der Waals surface area contributed by atoms with Gasteiger partial charge in [0, 0.05) is 6.07 Å². The zero-order chi connectivity index (χ0) is 8.97. The minimum Gasteiger partial charge on any atom is -0.491 e. The number of hydrazine groups is 1. The molecule has 1 rings (SSSR count). The van der Waals surface area contributed by atoms with E-state index in [4.69, 9.17) is 10.6 Å². The molecule has 0 aliphatic heterocycles. The normalized spacial score (nSPS) is 10.0. The summed E-state index contributed by atoms with van der Waals surface area (Å²) < 4.78 is 5.46. The zero-order valence-corrected chi connectivity index (χ0v) is 7.37. The lowest BCUT2D eigenvalue weighted by Gasteiger charge is -2.10. The van der Waals surface area contributed by atoms with E-state index < -0.39 is 0 Å². The molecule has 0 radical (unpaired) electrons. The lowest BCUT2D eigenvalue weighted by molar-refractivity contribution is 0.242. The summed E-state index contributed by atoms with van der Waals surface area (Å²) in [6.45, 7) is 3.98. The third-order valence-corrected chi connectivity index (χ3v) is 1.37. The highest BCUT2D eigenvalue weighted by Crippen LogP contribution is 2.17. The molecule has 3 nitrogen and oxygen atoms in total. The molecule has 1 aromatic carbocycles. The summed E-state index contributed by atoms with van der Waals surface area (Å²) in [4.78, 5) is 0. The standard InChI is InChI=1S/C9H14N2O/c1-7(2)12-9-5-3-4-8(6-9)11-10/h3-7,11H,10H2,1-2H3. The van der Waals surface area contributed by atoms with Gasteiger partial charge < -0.3 is 10.2 Å². The maximum atomic E-state index is 5.46. The second kappa shape index (κ2) is 3.97. The van der Waals surface area contributed by atoms with Crippen molar-refractivity contribution in [2.45, 2.75) is 20.0 Å². The molecule has 3 N–H and O–H groups in total. The van der Waals surface area contributed by atoms with Crippen LogP contribution in [0.15, 0.2) is 24.3 Å². The molecule has 66 valence electrons. The molecule has 0 fully saturated rings. The van der Waals surface area contributed by atoms with Gasteiger partial charge in [-0.15, -0.1) is 0 Å². The Labute approximate surface area is 72.5 Å². The van der Waals surface area contributed by atoms with Gasteiger partial charge >= 0.3 is 0 Å². The summed E-state index contributed by atoms with van der Waals surface area (Å²) >= 11 is 0. The average molecular weight is 166 g/mol. The van der Waals surface area contributed by atoms with Gasteiger partial charge in [-0.05, 0) is 26.0 Å². The van der Waals surface area contributed by atoms with E-state index in [2.05, 4.69) is 5.43 Å². The van der Waals surface area contributed by atoms with Crippen LogP contribution in [-0.4, -0.2) is 6.10 Å². The fourth-order valence-corrected chi connectivity index (χ4v) is 0.931. The van der Waals surface area contributed by atoms with Gasteiger partial charge in [0.05, 0.1) is 11.8 Å². The fraction of sp³-hybridized carbons (Fsp3) is 0.333. The van der Waals surface area contributed by atoms with Gasteiger partial charge in [-0.3, -0.25) is 5.84 Å². The van der Waals surface area contributed by atoms with Gasteiger partial charge in [0.2, 0.25) is 0 Å². The third kappa shape index (κ3) is 2.43. The summed E-state index contributed by atoms with van der Waals surface area (Å²) in [5.74, 6) is 6.08. The van der Waals surface area contributed by atoms with E-state index in [0.717, 1.165) is 11.4 Å². The van der Waals surface area contributed by atoms with Crippen LogP contribution in [0.25, 0.3) is 0 Å². The molecule has 12 heavy (non-hydrogen) atoms. The van der Waals surface area contributed by atoms with Crippen LogP contribution in [0, 0.1) is 0 Å². The van der Waals surface area contributed by atoms with Gasteiger partial charge in [0.15, 0.2) is 0 Å². The predicted molar refractivity (Wildman–Crippen MR) is 50.0 cm³/mol. The minimum absolute atomic E-state index is 0.193. The Bertz CT molecular complexity index is 248. The van der Waals surface area contributed by atoms with Gasteiger partial charge in [-0.25, -0.2) is 0 Å². The summed E-state index contributed by atoms with van der Waals surface area (Å²) in [7, 11) is 0. The summed E-state index contributed by atoms with van der Waals surface area (Å²) in [5.41, 5.74) is 3.42. The van der Waals surface area contributed by atoms with E-state index in [0.29, 0.717) is 0 Å². The van der Waals surface area contributed by atoms with Crippen LogP contribution in [0.3, 0.4) is 0 Å². The quantitative estimate of drug-likeness (QED) is 0.531. The lowest BCUT2D eigenvalue weighted by atomic mass is 10.3. The van der Waals surface area contributed by atoms with E-state index in [1.54, 1.807) is 0 Å². The highest BCUT2D eigenvalue weighted by atomic mass is 16.5. The first-order valence-electron chi connectivity index (χ1n) is 3.95. The van der Waals surface area contributed by atoms with E-state index in [1.807, 2.05) is 38.1 Å². The number of hydrogen-bond acceptors (Lipinski definition) is 3. The van der Waals surface area contributed by atoms with Crippen LogP contribution in [0.2, 0.25) is 0 Å². The van der Waals surface area contributed by atoms with Crippen LogP contribution in [0.4, 0.5) is 5.69 Å². The Morgan fingerprint density at radius 2 is 2.17 bits per heavy atom. The van der Waals surface area contributed by atoms with Gasteiger partial charge in [0.25, 0.3) is 0 Å². The van der Waals surface area contributed by atoms with Crippen LogP contribution >= 0.6 is 0 Å². The lowest BCUT2D eigenvalue weighted by Crippen LogP contribution is -2.08. The van der Waals surface area contributed by atoms with E-state index in [1.165, 1.54) is 0 Å². The minimum atomic E-state index is 0.193. The second-order valence-electron chi connectivity index (χ2n) is 2.84. The maximum Gasteiger partial charge on any atom is 0.121 e. The Kier molecular flexibility index (Phi) is 2.94. The molecule has 0 aliphatic carbocycles. The van der Waals surface area contributed by atoms with Crippen LogP contribution in [-0.2, 0) is 0 Å². The summed E-state index contributed by atoms with van der Waals surface area (Å²) in [5, 5.41) is 0. The molecule has 0 unspecified atom stereocenters. The molecule has 0 amide bonds. The van der Waals surface area contributed by atoms with Crippen molar-refractivity contribution in [3.8, 4) is 5.75 Å². The van der Waals surface area contributed by atoms with E-state index in [-0.39, 0.29) is 6.10 Å². The van der Waals surface area contributed by atoms with Crippen molar-refractivity contribution in [3.63, 3.8) is 0 Å². The van der Waals surface area contributed by atoms with Crippen molar-refractivity contribution in [2.75, 3.05) is 5.43 Å². The smallest absolute Gasteiger partial charge is 0.121 e. The molecule has 0 atom stereocenters. The van der Waals surface area contributed by atoms with Crippen molar-refractivity contribution in [2.24, 2.45) is 5.84 Å². The monoisotopic (exact) mass is 166 g/mol. The average Bonchev–Trinajstić information content (AvgIpc) is 2.03. The molecule has 1 aromatic rings. The topological polar surface area (TPSA) is 47.3 Å². The first-order chi connectivity index (χ1) is 5.72. The highest BCUT2D eigenvalue weighted by Gasteiger charge is 1.97. The van der Waals surface area contributed by atoms with Gasteiger partial charge in [0.1, 0.15) is 5.75 Å². The number of rotatable bonds is 3. The molecule has 0 saturated heterocycles. The largest absolute Gasteiger partial charge is 0.491 e. The van der Waals surface area contributed by atoms with E-state index >= 15 is 0 Å². The molecular formula is C9H14N2O. The molecule has 0 aromatic heterocycles. The Balaban J connectivity index is 2.72. The SMILES string of the molecule is CC(C)Oc1cccc(NN)c1. The number of benzene rings is 1. The fourth-order valence-electron chi connectivity index (χ4n) is 0.931. The third-order valence-electron chi connectivity index (χ3n) is 1.37. The molecule has 0 bridgehead atoms. The van der Waals surface area contributed by atoms with Gasteiger partial charge in [-0.2, -0.15) is 0 Å². The van der Waals surface area contributed by atoms with E-state index in [9.17, 15) is 0 Å². The first kappa shape index (κ1) is 8.87. The molecule has 0 saturated carbocycles. The molecule has 3 heteroatoms. The van der Waals surface area contributed by atoms with Gasteiger partial charge in [-0.1, -0.05) is 6.07 Å². The number of ether oxygens (including phenoxy) is 1. The molecule has 0 aliphatic rings. The number of nitrogens with two attached hydrogens (primary N) is 1. The highest BCUT2D eigenvalue weighted by molar-refractivity contribution is 5.46. The first-order valence-corrected chi connectivity index (χ1v) is 3.95. The second-order valence-corrected chi connectivity index (χ2v) is 2.84. The van der Waals surface area contributed by atoms with Crippen LogP contribution in [0.1, 0.15) is 13.8 Å². The van der Waals surface area contributed by atoms with Crippen molar-refractivity contribution in [1.29, 1.82) is 0 Å².